The predicted octanol–water partition coefficient (Wildman–Crippen LogP) is 2.37. The molecular formula is C21H27ClN3O2+. The number of halogens is 1. The van der Waals surface area contributed by atoms with Crippen LogP contribution >= 0.6 is 11.6 Å². The second kappa shape index (κ2) is 10.1. The number of rotatable bonds is 8. The van der Waals surface area contributed by atoms with Gasteiger partial charge in [0, 0.05) is 10.7 Å². The summed E-state index contributed by atoms with van der Waals surface area (Å²) in [4.78, 5) is 25.6. The molecule has 0 bridgehead atoms. The zero-order chi connectivity index (χ0) is 19.8. The highest BCUT2D eigenvalue weighted by Crippen LogP contribution is 2.19. The number of anilines is 1. The number of carbonyl (C=O) groups is 2. The van der Waals surface area contributed by atoms with Crippen molar-refractivity contribution in [1.29, 1.82) is 0 Å². The standard InChI is InChI=1S/C21H26ClN3O2/c1-4-25(13-20(26)23-16(3)17-8-6-5-7-9-17)14-21(27)24-19-12-18(22)11-10-15(19)2/h5-12,16H,4,13-14H2,1-3H3,(H,23,26)(H,24,27)/p+1/t16-/m1/s1. The molecule has 5 nitrogen and oxygen atoms in total. The van der Waals surface area contributed by atoms with Crippen molar-refractivity contribution < 1.29 is 14.5 Å². The molecule has 144 valence electrons. The Bertz CT molecular complexity index is 780. The Labute approximate surface area is 165 Å². The van der Waals surface area contributed by atoms with Crippen LogP contribution in [0.5, 0.6) is 0 Å². The molecule has 0 aliphatic carbocycles. The van der Waals surface area contributed by atoms with E-state index in [-0.39, 0.29) is 30.9 Å². The summed E-state index contributed by atoms with van der Waals surface area (Å²) in [6, 6.07) is 15.1. The molecule has 0 saturated heterocycles. The second-order valence-corrected chi connectivity index (χ2v) is 7.10. The summed E-state index contributed by atoms with van der Waals surface area (Å²) >= 11 is 5.99. The number of likely N-dealkylation sites (N-methyl/N-ethyl adjacent to an activating group) is 1. The number of quaternary nitrogens is 1. The van der Waals surface area contributed by atoms with Gasteiger partial charge in [0.2, 0.25) is 0 Å². The summed E-state index contributed by atoms with van der Waals surface area (Å²) in [5.74, 6) is -0.212. The van der Waals surface area contributed by atoms with E-state index in [0.717, 1.165) is 16.0 Å². The van der Waals surface area contributed by atoms with Gasteiger partial charge in [0.25, 0.3) is 11.8 Å². The number of hydrogen-bond acceptors (Lipinski definition) is 2. The Morgan fingerprint density at radius 3 is 2.41 bits per heavy atom. The summed E-state index contributed by atoms with van der Waals surface area (Å²) in [7, 11) is 0. The van der Waals surface area contributed by atoms with Crippen molar-refractivity contribution in [3.63, 3.8) is 0 Å². The van der Waals surface area contributed by atoms with Crippen LogP contribution in [-0.2, 0) is 9.59 Å². The van der Waals surface area contributed by atoms with Gasteiger partial charge >= 0.3 is 0 Å². The lowest BCUT2D eigenvalue weighted by Crippen LogP contribution is -3.14. The number of hydrogen-bond donors (Lipinski definition) is 3. The number of carbonyl (C=O) groups excluding carboxylic acids is 2. The number of aryl methyl sites for hydroxylation is 1. The van der Waals surface area contributed by atoms with Crippen LogP contribution in [0.4, 0.5) is 5.69 Å². The smallest absolute Gasteiger partial charge is 0.279 e. The number of amides is 2. The van der Waals surface area contributed by atoms with Crippen molar-refractivity contribution >= 4 is 29.1 Å². The van der Waals surface area contributed by atoms with E-state index in [1.165, 1.54) is 0 Å². The highest BCUT2D eigenvalue weighted by atomic mass is 35.5. The van der Waals surface area contributed by atoms with Gasteiger partial charge in [-0.15, -0.1) is 0 Å². The Kier molecular flexibility index (Phi) is 7.82. The molecule has 3 N–H and O–H groups in total. The van der Waals surface area contributed by atoms with E-state index in [0.29, 0.717) is 17.3 Å². The third-order valence-corrected chi connectivity index (χ3v) is 4.71. The molecule has 0 aliphatic rings. The molecule has 6 heteroatoms. The fourth-order valence-corrected chi connectivity index (χ4v) is 2.98. The first-order valence-corrected chi connectivity index (χ1v) is 9.50. The van der Waals surface area contributed by atoms with E-state index in [1.54, 1.807) is 12.1 Å². The molecule has 2 rings (SSSR count). The van der Waals surface area contributed by atoms with Crippen molar-refractivity contribution in [3.8, 4) is 0 Å². The maximum absolute atomic E-state index is 12.4. The monoisotopic (exact) mass is 388 g/mol. The molecule has 0 heterocycles. The largest absolute Gasteiger partial charge is 0.345 e. The van der Waals surface area contributed by atoms with Gasteiger partial charge in [-0.25, -0.2) is 0 Å². The van der Waals surface area contributed by atoms with Gasteiger partial charge < -0.3 is 15.5 Å². The van der Waals surface area contributed by atoms with Gasteiger partial charge in [-0.3, -0.25) is 9.59 Å². The van der Waals surface area contributed by atoms with Crippen LogP contribution in [0, 0.1) is 6.92 Å². The Hall–Kier alpha value is -2.37. The zero-order valence-electron chi connectivity index (χ0n) is 16.0. The summed E-state index contributed by atoms with van der Waals surface area (Å²) in [6.07, 6.45) is 0. The normalized spacial score (nSPS) is 12.9. The average Bonchev–Trinajstić information content (AvgIpc) is 2.64. The maximum Gasteiger partial charge on any atom is 0.279 e. The molecule has 0 radical (unpaired) electrons. The Morgan fingerprint density at radius 2 is 1.74 bits per heavy atom. The van der Waals surface area contributed by atoms with Crippen LogP contribution < -0.4 is 15.5 Å². The first-order valence-electron chi connectivity index (χ1n) is 9.13. The minimum atomic E-state index is -0.138. The minimum absolute atomic E-state index is 0.0697. The van der Waals surface area contributed by atoms with E-state index in [1.807, 2.05) is 57.2 Å². The molecule has 0 saturated carbocycles. The van der Waals surface area contributed by atoms with Gasteiger partial charge in [-0.2, -0.15) is 0 Å². The van der Waals surface area contributed by atoms with Crippen molar-refractivity contribution in [2.75, 3.05) is 25.0 Å². The highest BCUT2D eigenvalue weighted by molar-refractivity contribution is 6.31. The lowest BCUT2D eigenvalue weighted by atomic mass is 10.1. The lowest BCUT2D eigenvalue weighted by Gasteiger charge is -2.19. The molecular weight excluding hydrogens is 362 g/mol. The van der Waals surface area contributed by atoms with Crippen LogP contribution in [0.25, 0.3) is 0 Å². The van der Waals surface area contributed by atoms with Gasteiger partial charge in [-0.05, 0) is 44.0 Å². The van der Waals surface area contributed by atoms with Crippen LogP contribution in [0.1, 0.15) is 31.0 Å². The minimum Gasteiger partial charge on any atom is -0.345 e. The van der Waals surface area contributed by atoms with Crippen molar-refractivity contribution in [2.24, 2.45) is 0 Å². The topological polar surface area (TPSA) is 62.6 Å². The fraction of sp³-hybridized carbons (Fsp3) is 0.333. The molecule has 0 aromatic heterocycles. The highest BCUT2D eigenvalue weighted by Gasteiger charge is 2.19. The molecule has 2 amide bonds. The third kappa shape index (κ3) is 6.70. The zero-order valence-corrected chi connectivity index (χ0v) is 16.8. The molecule has 2 aromatic rings. The fourth-order valence-electron chi connectivity index (χ4n) is 2.81. The van der Waals surface area contributed by atoms with Crippen molar-refractivity contribution in [2.45, 2.75) is 26.8 Å². The molecule has 27 heavy (non-hydrogen) atoms. The molecule has 2 aromatic carbocycles. The predicted molar refractivity (Wildman–Crippen MR) is 109 cm³/mol. The molecule has 2 atom stereocenters. The van der Waals surface area contributed by atoms with Gasteiger partial charge in [0.15, 0.2) is 13.1 Å². The van der Waals surface area contributed by atoms with Crippen LogP contribution in [0.3, 0.4) is 0 Å². The summed E-state index contributed by atoms with van der Waals surface area (Å²) < 4.78 is 0. The van der Waals surface area contributed by atoms with E-state index in [2.05, 4.69) is 10.6 Å². The van der Waals surface area contributed by atoms with Crippen LogP contribution in [0.2, 0.25) is 5.02 Å². The average molecular weight is 389 g/mol. The Morgan fingerprint density at radius 1 is 1.07 bits per heavy atom. The number of nitrogens with one attached hydrogen (secondary N) is 3. The van der Waals surface area contributed by atoms with Crippen molar-refractivity contribution in [1.82, 2.24) is 5.32 Å². The second-order valence-electron chi connectivity index (χ2n) is 6.66. The molecule has 0 spiro atoms. The Balaban J connectivity index is 1.87. The van der Waals surface area contributed by atoms with Crippen LogP contribution in [0.15, 0.2) is 48.5 Å². The first-order chi connectivity index (χ1) is 12.9. The molecule has 0 fully saturated rings. The van der Waals surface area contributed by atoms with E-state index in [4.69, 9.17) is 11.6 Å². The first kappa shape index (κ1) is 20.9. The van der Waals surface area contributed by atoms with E-state index in [9.17, 15) is 9.59 Å². The van der Waals surface area contributed by atoms with Crippen LogP contribution in [-0.4, -0.2) is 31.4 Å². The van der Waals surface area contributed by atoms with Crippen molar-refractivity contribution in [3.05, 3.63) is 64.7 Å². The maximum atomic E-state index is 12.4. The van der Waals surface area contributed by atoms with Gasteiger partial charge in [0.1, 0.15) is 0 Å². The summed E-state index contributed by atoms with van der Waals surface area (Å²) in [5.41, 5.74) is 2.70. The van der Waals surface area contributed by atoms with E-state index >= 15 is 0 Å². The van der Waals surface area contributed by atoms with Gasteiger partial charge in [0.05, 0.1) is 12.6 Å². The lowest BCUT2D eigenvalue weighted by molar-refractivity contribution is -0.881. The third-order valence-electron chi connectivity index (χ3n) is 4.47. The molecule has 1 unspecified atom stereocenters. The summed E-state index contributed by atoms with van der Waals surface area (Å²) in [6.45, 7) is 6.96. The quantitative estimate of drug-likeness (QED) is 0.650. The SMILES string of the molecule is CC[NH+](CC(=O)Nc1cc(Cl)ccc1C)CC(=O)N[C@H](C)c1ccccc1. The number of benzene rings is 2. The molecule has 0 aliphatic heterocycles. The van der Waals surface area contributed by atoms with E-state index < -0.39 is 0 Å². The summed E-state index contributed by atoms with van der Waals surface area (Å²) in [5, 5.41) is 6.45. The van der Waals surface area contributed by atoms with Gasteiger partial charge in [-0.1, -0.05) is 48.0 Å².